The van der Waals surface area contributed by atoms with Crippen molar-refractivity contribution in [2.75, 3.05) is 19.4 Å². The molecule has 1 saturated carbocycles. The largest absolute Gasteiger partial charge is 0.395 e. The van der Waals surface area contributed by atoms with E-state index < -0.39 is 0 Å². The summed E-state index contributed by atoms with van der Waals surface area (Å²) in [6.45, 7) is 6.01. The third-order valence-corrected chi connectivity index (χ3v) is 5.34. The molecular weight excluding hydrogens is 232 g/mol. The Bertz CT molecular complexity index is 244. The van der Waals surface area contributed by atoms with Crippen LogP contribution < -0.4 is 5.32 Å². The van der Waals surface area contributed by atoms with Crippen LogP contribution in [0, 0.1) is 0 Å². The lowest BCUT2D eigenvalue weighted by Crippen LogP contribution is -2.44. The lowest BCUT2D eigenvalue weighted by atomic mass is 10.1. The van der Waals surface area contributed by atoms with E-state index in [2.05, 4.69) is 30.3 Å². The maximum atomic E-state index is 9.30. The SMILES string of the molecule is CSC(CO)C(C)NC1CC(C)N(C2CC2)C1. The zero-order valence-electron chi connectivity index (χ0n) is 11.2. The van der Waals surface area contributed by atoms with E-state index >= 15 is 0 Å². The Balaban J connectivity index is 1.79. The van der Waals surface area contributed by atoms with Crippen LogP contribution in [-0.4, -0.2) is 58.8 Å². The smallest absolute Gasteiger partial charge is 0.0564 e. The van der Waals surface area contributed by atoms with Gasteiger partial charge in [-0.1, -0.05) is 0 Å². The van der Waals surface area contributed by atoms with Crippen molar-refractivity contribution in [2.45, 2.75) is 62.5 Å². The number of hydrogen-bond donors (Lipinski definition) is 2. The Morgan fingerprint density at radius 3 is 2.71 bits per heavy atom. The van der Waals surface area contributed by atoms with Crippen molar-refractivity contribution in [1.82, 2.24) is 10.2 Å². The fraction of sp³-hybridized carbons (Fsp3) is 1.00. The van der Waals surface area contributed by atoms with E-state index in [1.807, 2.05) is 0 Å². The molecule has 2 N–H and O–H groups in total. The van der Waals surface area contributed by atoms with Crippen LogP contribution in [0.15, 0.2) is 0 Å². The Morgan fingerprint density at radius 2 is 2.18 bits per heavy atom. The molecule has 2 fully saturated rings. The van der Waals surface area contributed by atoms with Crippen molar-refractivity contribution in [3.05, 3.63) is 0 Å². The summed E-state index contributed by atoms with van der Waals surface area (Å²) in [7, 11) is 0. The van der Waals surface area contributed by atoms with Gasteiger partial charge in [-0.05, 0) is 39.4 Å². The van der Waals surface area contributed by atoms with E-state index in [0.29, 0.717) is 17.3 Å². The molecular formula is C13H26N2OS. The number of nitrogens with zero attached hydrogens (tertiary/aromatic N) is 1. The highest BCUT2D eigenvalue weighted by Gasteiger charge is 2.39. The van der Waals surface area contributed by atoms with Gasteiger partial charge in [-0.15, -0.1) is 0 Å². The van der Waals surface area contributed by atoms with Crippen molar-refractivity contribution in [2.24, 2.45) is 0 Å². The number of rotatable bonds is 6. The molecule has 1 heterocycles. The standard InChI is InChI=1S/C13H26N2OS/c1-9-6-11(7-15(9)12-4-5-12)14-10(2)13(8-16)17-3/h9-14,16H,4-8H2,1-3H3. The molecule has 4 unspecified atom stereocenters. The second kappa shape index (κ2) is 5.91. The van der Waals surface area contributed by atoms with Crippen molar-refractivity contribution in [3.8, 4) is 0 Å². The van der Waals surface area contributed by atoms with Crippen LogP contribution in [0.2, 0.25) is 0 Å². The summed E-state index contributed by atoms with van der Waals surface area (Å²) in [5.74, 6) is 0. The van der Waals surface area contributed by atoms with Crippen molar-refractivity contribution in [3.63, 3.8) is 0 Å². The molecule has 1 aliphatic heterocycles. The fourth-order valence-electron chi connectivity index (χ4n) is 3.01. The first-order valence-corrected chi connectivity index (χ1v) is 8.10. The zero-order valence-corrected chi connectivity index (χ0v) is 12.0. The molecule has 0 aromatic rings. The van der Waals surface area contributed by atoms with Crippen LogP contribution in [0.5, 0.6) is 0 Å². The number of aliphatic hydroxyl groups excluding tert-OH is 1. The summed E-state index contributed by atoms with van der Waals surface area (Å²) >= 11 is 1.76. The second-order valence-electron chi connectivity index (χ2n) is 5.62. The fourth-order valence-corrected chi connectivity index (χ4v) is 3.64. The summed E-state index contributed by atoms with van der Waals surface area (Å²) in [5.41, 5.74) is 0. The maximum Gasteiger partial charge on any atom is 0.0564 e. The van der Waals surface area contributed by atoms with Crippen LogP contribution in [-0.2, 0) is 0 Å². The summed E-state index contributed by atoms with van der Waals surface area (Å²) in [6.07, 6.45) is 6.13. The lowest BCUT2D eigenvalue weighted by Gasteiger charge is -2.25. The van der Waals surface area contributed by atoms with Crippen LogP contribution in [0.4, 0.5) is 0 Å². The van der Waals surface area contributed by atoms with Gasteiger partial charge in [0.05, 0.1) is 6.61 Å². The van der Waals surface area contributed by atoms with E-state index in [1.165, 1.54) is 25.8 Å². The first-order chi connectivity index (χ1) is 8.15. The second-order valence-corrected chi connectivity index (χ2v) is 6.70. The Morgan fingerprint density at radius 1 is 1.47 bits per heavy atom. The molecule has 100 valence electrons. The molecule has 4 heteroatoms. The molecule has 0 spiro atoms. The molecule has 17 heavy (non-hydrogen) atoms. The maximum absolute atomic E-state index is 9.30. The van der Waals surface area contributed by atoms with E-state index in [4.69, 9.17) is 0 Å². The molecule has 3 nitrogen and oxygen atoms in total. The minimum atomic E-state index is 0.268. The molecule has 2 aliphatic rings. The van der Waals surface area contributed by atoms with Gasteiger partial charge in [-0.2, -0.15) is 11.8 Å². The molecule has 0 radical (unpaired) electrons. The number of hydrogen-bond acceptors (Lipinski definition) is 4. The van der Waals surface area contributed by atoms with E-state index in [-0.39, 0.29) is 6.61 Å². The van der Waals surface area contributed by atoms with Crippen molar-refractivity contribution < 1.29 is 5.11 Å². The average Bonchev–Trinajstić information content (AvgIpc) is 3.06. The van der Waals surface area contributed by atoms with E-state index in [1.54, 1.807) is 11.8 Å². The van der Waals surface area contributed by atoms with Gasteiger partial charge < -0.3 is 10.4 Å². The van der Waals surface area contributed by atoms with Gasteiger partial charge in [0.2, 0.25) is 0 Å². The van der Waals surface area contributed by atoms with Gasteiger partial charge in [0.1, 0.15) is 0 Å². The van der Waals surface area contributed by atoms with Gasteiger partial charge in [0, 0.05) is 36.0 Å². The Kier molecular flexibility index (Phi) is 4.75. The lowest BCUT2D eigenvalue weighted by molar-refractivity contribution is 0.249. The molecule has 0 amide bonds. The van der Waals surface area contributed by atoms with Gasteiger partial charge in [0.15, 0.2) is 0 Å². The molecule has 2 rings (SSSR count). The highest BCUT2D eigenvalue weighted by Crippen LogP contribution is 2.33. The molecule has 0 bridgehead atoms. The molecule has 1 saturated heterocycles. The summed E-state index contributed by atoms with van der Waals surface area (Å²) in [4.78, 5) is 2.66. The van der Waals surface area contributed by atoms with Crippen LogP contribution in [0.1, 0.15) is 33.1 Å². The van der Waals surface area contributed by atoms with Gasteiger partial charge in [-0.3, -0.25) is 4.90 Å². The third kappa shape index (κ3) is 3.37. The molecule has 0 aromatic carbocycles. The minimum absolute atomic E-state index is 0.268. The summed E-state index contributed by atoms with van der Waals surface area (Å²) < 4.78 is 0. The zero-order chi connectivity index (χ0) is 12.4. The van der Waals surface area contributed by atoms with Crippen LogP contribution >= 0.6 is 11.8 Å². The highest BCUT2D eigenvalue weighted by atomic mass is 32.2. The quantitative estimate of drug-likeness (QED) is 0.753. The van der Waals surface area contributed by atoms with E-state index in [0.717, 1.165) is 12.1 Å². The topological polar surface area (TPSA) is 35.5 Å². The van der Waals surface area contributed by atoms with Gasteiger partial charge in [-0.25, -0.2) is 0 Å². The number of likely N-dealkylation sites (tertiary alicyclic amines) is 1. The Hall–Kier alpha value is 0.230. The normalized spacial score (nSPS) is 33.9. The highest BCUT2D eigenvalue weighted by molar-refractivity contribution is 7.99. The van der Waals surface area contributed by atoms with Crippen LogP contribution in [0.3, 0.4) is 0 Å². The average molecular weight is 258 g/mol. The molecule has 1 aliphatic carbocycles. The monoisotopic (exact) mass is 258 g/mol. The van der Waals surface area contributed by atoms with Crippen LogP contribution in [0.25, 0.3) is 0 Å². The van der Waals surface area contributed by atoms with E-state index in [9.17, 15) is 5.11 Å². The summed E-state index contributed by atoms with van der Waals surface area (Å²) in [6, 6.07) is 2.61. The molecule has 4 atom stereocenters. The predicted octanol–water partition coefficient (Wildman–Crippen LogP) is 1.31. The Labute approximate surface area is 109 Å². The van der Waals surface area contributed by atoms with Crippen molar-refractivity contribution in [1.29, 1.82) is 0 Å². The number of nitrogens with one attached hydrogen (secondary N) is 1. The summed E-state index contributed by atoms with van der Waals surface area (Å²) in [5, 5.41) is 13.3. The minimum Gasteiger partial charge on any atom is -0.395 e. The third-order valence-electron chi connectivity index (χ3n) is 4.18. The first kappa shape index (κ1) is 13.7. The predicted molar refractivity (Wildman–Crippen MR) is 74.6 cm³/mol. The number of aliphatic hydroxyl groups is 1. The number of thioether (sulfide) groups is 1. The molecule has 0 aromatic heterocycles. The first-order valence-electron chi connectivity index (χ1n) is 6.81. The van der Waals surface area contributed by atoms with Gasteiger partial charge >= 0.3 is 0 Å². The van der Waals surface area contributed by atoms with Gasteiger partial charge in [0.25, 0.3) is 0 Å². The van der Waals surface area contributed by atoms with Crippen molar-refractivity contribution >= 4 is 11.8 Å².